The van der Waals surface area contributed by atoms with Crippen LogP contribution in [0.25, 0.3) is 0 Å². The van der Waals surface area contributed by atoms with E-state index >= 15 is 0 Å². The van der Waals surface area contributed by atoms with Crippen molar-refractivity contribution in [2.75, 3.05) is 19.7 Å². The van der Waals surface area contributed by atoms with Gasteiger partial charge in [-0.3, -0.25) is 4.79 Å². The van der Waals surface area contributed by atoms with Gasteiger partial charge in [-0.25, -0.2) is 0 Å². The first-order valence-electron chi connectivity index (χ1n) is 6.80. The van der Waals surface area contributed by atoms with Gasteiger partial charge < -0.3 is 10.0 Å². The van der Waals surface area contributed by atoms with Gasteiger partial charge in [0, 0.05) is 24.2 Å². The molecule has 1 aliphatic heterocycles. The van der Waals surface area contributed by atoms with Crippen molar-refractivity contribution in [2.45, 2.75) is 19.8 Å². The highest BCUT2D eigenvalue weighted by atomic mass is 35.5. The molecule has 20 heavy (non-hydrogen) atoms. The van der Waals surface area contributed by atoms with Gasteiger partial charge in [0.25, 0.3) is 5.91 Å². The molecule has 1 N–H and O–H groups in total. The molecule has 0 aliphatic carbocycles. The lowest BCUT2D eigenvalue weighted by atomic mass is 9.98. The molecular weight excluding hydrogens is 274 g/mol. The molecule has 0 atom stereocenters. The number of piperidine rings is 1. The first-order valence-corrected chi connectivity index (χ1v) is 7.18. The zero-order chi connectivity index (χ0) is 14.5. The first-order chi connectivity index (χ1) is 9.61. The van der Waals surface area contributed by atoms with Gasteiger partial charge in [0.15, 0.2) is 0 Å². The molecule has 3 nitrogen and oxygen atoms in total. The maximum atomic E-state index is 12.4. The summed E-state index contributed by atoms with van der Waals surface area (Å²) in [6.45, 7) is 3.63. The van der Waals surface area contributed by atoms with Gasteiger partial charge in [-0.05, 0) is 37.0 Å². The number of rotatable bonds is 1. The highest BCUT2D eigenvalue weighted by Crippen LogP contribution is 2.21. The SMILES string of the molecule is CC1CCN(C(=O)c2ccc(C#CCO)c(Cl)c2)CC1. The molecule has 1 amide bonds. The van der Waals surface area contributed by atoms with Crippen molar-refractivity contribution in [1.82, 2.24) is 4.90 Å². The minimum Gasteiger partial charge on any atom is -0.384 e. The Kier molecular flexibility index (Phi) is 5.05. The maximum Gasteiger partial charge on any atom is 0.253 e. The van der Waals surface area contributed by atoms with E-state index in [1.54, 1.807) is 18.2 Å². The van der Waals surface area contributed by atoms with Gasteiger partial charge in [0.2, 0.25) is 0 Å². The normalized spacial score (nSPS) is 15.7. The zero-order valence-corrected chi connectivity index (χ0v) is 12.3. The quantitative estimate of drug-likeness (QED) is 0.808. The van der Waals surface area contributed by atoms with Crippen molar-refractivity contribution in [3.05, 3.63) is 34.3 Å². The number of carbonyl (C=O) groups excluding carboxylic acids is 1. The van der Waals surface area contributed by atoms with Gasteiger partial charge >= 0.3 is 0 Å². The van der Waals surface area contributed by atoms with Crippen LogP contribution in [-0.4, -0.2) is 35.6 Å². The number of halogens is 1. The summed E-state index contributed by atoms with van der Waals surface area (Å²) in [7, 11) is 0. The number of carbonyl (C=O) groups is 1. The number of benzene rings is 1. The van der Waals surface area contributed by atoms with Gasteiger partial charge in [-0.1, -0.05) is 30.4 Å². The Hall–Kier alpha value is -1.50. The topological polar surface area (TPSA) is 40.5 Å². The first kappa shape index (κ1) is 14.9. The summed E-state index contributed by atoms with van der Waals surface area (Å²) in [5, 5.41) is 9.12. The molecule has 2 rings (SSSR count). The van der Waals surface area contributed by atoms with Gasteiger partial charge in [-0.15, -0.1) is 0 Å². The van der Waals surface area contributed by atoms with E-state index in [-0.39, 0.29) is 12.5 Å². The average molecular weight is 292 g/mol. The monoisotopic (exact) mass is 291 g/mol. The van der Waals surface area contributed by atoms with Crippen molar-refractivity contribution in [2.24, 2.45) is 5.92 Å². The van der Waals surface area contributed by atoms with E-state index in [1.165, 1.54) is 0 Å². The fraction of sp³-hybridized carbons (Fsp3) is 0.438. The summed E-state index contributed by atoms with van der Waals surface area (Å²) in [4.78, 5) is 14.3. The molecule has 0 saturated carbocycles. The van der Waals surface area contributed by atoms with Crippen molar-refractivity contribution in [3.8, 4) is 11.8 Å². The second-order valence-electron chi connectivity index (χ2n) is 5.13. The molecule has 1 saturated heterocycles. The Balaban J connectivity index is 2.13. The molecule has 106 valence electrons. The standard InChI is InChI=1S/C16H18ClNO2/c1-12-6-8-18(9-7-12)16(20)14-5-4-13(3-2-10-19)15(17)11-14/h4-5,11-12,19H,6-10H2,1H3. The fourth-order valence-corrected chi connectivity index (χ4v) is 2.51. The van der Waals surface area contributed by atoms with Crippen molar-refractivity contribution >= 4 is 17.5 Å². The van der Waals surface area contributed by atoms with Crippen LogP contribution in [0.15, 0.2) is 18.2 Å². The molecule has 0 spiro atoms. The summed E-state index contributed by atoms with van der Waals surface area (Å²) in [6.07, 6.45) is 2.11. The Morgan fingerprint density at radius 1 is 1.45 bits per heavy atom. The molecule has 0 bridgehead atoms. The molecule has 1 fully saturated rings. The Labute approximate surface area is 124 Å². The van der Waals surface area contributed by atoms with Crippen LogP contribution in [0, 0.1) is 17.8 Å². The zero-order valence-electron chi connectivity index (χ0n) is 11.5. The highest BCUT2D eigenvalue weighted by Gasteiger charge is 2.21. The second-order valence-corrected chi connectivity index (χ2v) is 5.54. The molecule has 0 radical (unpaired) electrons. The number of amides is 1. The molecule has 1 aromatic rings. The van der Waals surface area contributed by atoms with E-state index in [4.69, 9.17) is 16.7 Å². The lowest BCUT2D eigenvalue weighted by molar-refractivity contribution is 0.0697. The molecule has 4 heteroatoms. The number of aliphatic hydroxyl groups is 1. The second kappa shape index (κ2) is 6.78. The van der Waals surface area contributed by atoms with Gasteiger partial charge in [0.1, 0.15) is 6.61 Å². The smallest absolute Gasteiger partial charge is 0.253 e. The highest BCUT2D eigenvalue weighted by molar-refractivity contribution is 6.32. The van der Waals surface area contributed by atoms with Crippen LogP contribution in [0.1, 0.15) is 35.7 Å². The molecule has 0 aromatic heterocycles. The predicted octanol–water partition coefficient (Wildman–Crippen LogP) is 2.56. The van der Waals surface area contributed by atoms with Crippen molar-refractivity contribution in [1.29, 1.82) is 0 Å². The van der Waals surface area contributed by atoms with Crippen LogP contribution >= 0.6 is 11.6 Å². The number of hydrogen-bond acceptors (Lipinski definition) is 2. The van der Waals surface area contributed by atoms with E-state index < -0.39 is 0 Å². The minimum absolute atomic E-state index is 0.0282. The summed E-state index contributed by atoms with van der Waals surface area (Å²) in [5.74, 6) is 6.03. The number of likely N-dealkylation sites (tertiary alicyclic amines) is 1. The predicted molar refractivity (Wildman–Crippen MR) is 79.7 cm³/mol. The largest absolute Gasteiger partial charge is 0.384 e. The molecule has 0 unspecified atom stereocenters. The van der Waals surface area contributed by atoms with Crippen molar-refractivity contribution in [3.63, 3.8) is 0 Å². The van der Waals surface area contributed by atoms with E-state index in [9.17, 15) is 4.79 Å². The van der Waals surface area contributed by atoms with Crippen LogP contribution in [0.4, 0.5) is 0 Å². The van der Waals surface area contributed by atoms with E-state index in [0.29, 0.717) is 22.1 Å². The lowest BCUT2D eigenvalue weighted by Crippen LogP contribution is -2.37. The van der Waals surface area contributed by atoms with E-state index in [1.807, 2.05) is 4.90 Å². The molecule has 1 aromatic carbocycles. The Morgan fingerprint density at radius 2 is 2.15 bits per heavy atom. The third-order valence-corrected chi connectivity index (χ3v) is 3.90. The van der Waals surface area contributed by atoms with E-state index in [0.717, 1.165) is 25.9 Å². The maximum absolute atomic E-state index is 12.4. The minimum atomic E-state index is -0.205. The Bertz CT molecular complexity index is 551. The van der Waals surface area contributed by atoms with Crippen LogP contribution in [0.2, 0.25) is 5.02 Å². The Morgan fingerprint density at radius 3 is 2.75 bits per heavy atom. The molecule has 1 aliphatic rings. The van der Waals surface area contributed by atoms with Gasteiger partial charge in [-0.2, -0.15) is 0 Å². The number of aliphatic hydroxyl groups excluding tert-OH is 1. The average Bonchev–Trinajstić information content (AvgIpc) is 2.46. The summed E-state index contributed by atoms with van der Waals surface area (Å²) >= 11 is 6.12. The van der Waals surface area contributed by atoms with Crippen LogP contribution < -0.4 is 0 Å². The fourth-order valence-electron chi connectivity index (χ4n) is 2.28. The molecule has 1 heterocycles. The number of hydrogen-bond donors (Lipinski definition) is 1. The summed E-state index contributed by atoms with van der Waals surface area (Å²) < 4.78 is 0. The van der Waals surface area contributed by atoms with Crippen LogP contribution in [0.5, 0.6) is 0 Å². The molecular formula is C16H18ClNO2. The third kappa shape index (κ3) is 3.53. The number of nitrogens with zero attached hydrogens (tertiary/aromatic N) is 1. The lowest BCUT2D eigenvalue weighted by Gasteiger charge is -2.30. The summed E-state index contributed by atoms with van der Waals surface area (Å²) in [5.41, 5.74) is 1.23. The van der Waals surface area contributed by atoms with Crippen LogP contribution in [0.3, 0.4) is 0 Å². The van der Waals surface area contributed by atoms with Crippen molar-refractivity contribution < 1.29 is 9.90 Å². The third-order valence-electron chi connectivity index (χ3n) is 3.59. The van der Waals surface area contributed by atoms with Gasteiger partial charge in [0.05, 0.1) is 5.02 Å². The summed E-state index contributed by atoms with van der Waals surface area (Å²) in [6, 6.07) is 5.13. The van der Waals surface area contributed by atoms with E-state index in [2.05, 4.69) is 18.8 Å². The van der Waals surface area contributed by atoms with Crippen LogP contribution in [-0.2, 0) is 0 Å².